The van der Waals surface area contributed by atoms with Crippen molar-refractivity contribution in [1.82, 2.24) is 5.32 Å². The van der Waals surface area contributed by atoms with Crippen LogP contribution in [0.2, 0.25) is 0 Å². The smallest absolute Gasteiger partial charge is 0.108 e. The Balaban J connectivity index is 1.63. The maximum Gasteiger partial charge on any atom is 0.108 e. The Morgan fingerprint density at radius 1 is 0.654 bits per heavy atom. The molecule has 1 heterocycles. The third-order valence-electron chi connectivity index (χ3n) is 4.95. The van der Waals surface area contributed by atoms with Crippen LogP contribution in [0, 0.1) is 0 Å². The third-order valence-corrected chi connectivity index (χ3v) is 4.95. The molecular formula is C24H18N2. The molecule has 0 unspecified atom stereocenters. The van der Waals surface area contributed by atoms with Gasteiger partial charge in [0.25, 0.3) is 0 Å². The van der Waals surface area contributed by atoms with Crippen molar-refractivity contribution in [2.75, 3.05) is 6.67 Å². The third kappa shape index (κ3) is 2.47. The summed E-state index contributed by atoms with van der Waals surface area (Å²) in [5.41, 5.74) is 4.85. The van der Waals surface area contributed by atoms with Crippen LogP contribution in [0.4, 0.5) is 0 Å². The molecular weight excluding hydrogens is 316 g/mol. The molecule has 4 aromatic carbocycles. The van der Waals surface area contributed by atoms with Crippen molar-refractivity contribution >= 4 is 16.5 Å². The predicted molar refractivity (Wildman–Crippen MR) is 107 cm³/mol. The van der Waals surface area contributed by atoms with Gasteiger partial charge in [-0.25, -0.2) is 0 Å². The SMILES string of the molecule is c1ccc2c(c1)=NCNC=2c1ccc(-c2cccc3ccccc23)cc1. The molecule has 0 radical (unpaired) electrons. The minimum absolute atomic E-state index is 0.622. The van der Waals surface area contributed by atoms with Crippen LogP contribution >= 0.6 is 0 Å². The van der Waals surface area contributed by atoms with Gasteiger partial charge in [-0.3, -0.25) is 4.99 Å². The van der Waals surface area contributed by atoms with Gasteiger partial charge in [-0.2, -0.15) is 0 Å². The fourth-order valence-corrected chi connectivity index (χ4v) is 3.67. The fraction of sp³-hybridized carbons (Fsp3) is 0.0417. The van der Waals surface area contributed by atoms with Crippen LogP contribution in [0.25, 0.3) is 27.6 Å². The largest absolute Gasteiger partial charge is 0.365 e. The van der Waals surface area contributed by atoms with Crippen LogP contribution in [-0.4, -0.2) is 6.67 Å². The van der Waals surface area contributed by atoms with Gasteiger partial charge < -0.3 is 5.32 Å². The number of nitrogens with zero attached hydrogens (tertiary/aromatic N) is 1. The Morgan fingerprint density at radius 2 is 1.38 bits per heavy atom. The Kier molecular flexibility index (Phi) is 3.53. The van der Waals surface area contributed by atoms with Gasteiger partial charge in [0.15, 0.2) is 0 Å². The van der Waals surface area contributed by atoms with Gasteiger partial charge >= 0.3 is 0 Å². The van der Waals surface area contributed by atoms with Gasteiger partial charge in [-0.1, -0.05) is 84.9 Å². The van der Waals surface area contributed by atoms with Gasteiger partial charge in [-0.05, 0) is 33.5 Å². The number of benzene rings is 4. The molecule has 1 aliphatic rings. The molecule has 0 fully saturated rings. The fourth-order valence-electron chi connectivity index (χ4n) is 3.67. The lowest BCUT2D eigenvalue weighted by Crippen LogP contribution is -2.37. The monoisotopic (exact) mass is 334 g/mol. The Labute approximate surface area is 152 Å². The highest BCUT2D eigenvalue weighted by molar-refractivity contribution is 5.96. The molecule has 0 amide bonds. The first-order valence-electron chi connectivity index (χ1n) is 8.86. The zero-order valence-corrected chi connectivity index (χ0v) is 14.3. The first-order chi connectivity index (χ1) is 12.9. The quantitative estimate of drug-likeness (QED) is 0.592. The highest BCUT2D eigenvalue weighted by Crippen LogP contribution is 2.29. The zero-order chi connectivity index (χ0) is 17.3. The molecule has 0 atom stereocenters. The normalized spacial score (nSPS) is 13.0. The van der Waals surface area contributed by atoms with Crippen LogP contribution < -0.4 is 15.9 Å². The molecule has 4 aromatic rings. The molecule has 0 saturated heterocycles. The van der Waals surface area contributed by atoms with E-state index in [4.69, 9.17) is 0 Å². The van der Waals surface area contributed by atoms with Crippen molar-refractivity contribution in [3.63, 3.8) is 0 Å². The van der Waals surface area contributed by atoms with E-state index >= 15 is 0 Å². The van der Waals surface area contributed by atoms with Crippen LogP contribution in [0.5, 0.6) is 0 Å². The molecule has 26 heavy (non-hydrogen) atoms. The Morgan fingerprint density at radius 3 is 2.31 bits per heavy atom. The number of hydrogen-bond acceptors (Lipinski definition) is 2. The molecule has 124 valence electrons. The molecule has 0 aliphatic carbocycles. The summed E-state index contributed by atoms with van der Waals surface area (Å²) in [4.78, 5) is 4.54. The average molecular weight is 334 g/mol. The predicted octanol–water partition coefficient (Wildman–Crippen LogP) is 3.84. The van der Waals surface area contributed by atoms with Crippen molar-refractivity contribution < 1.29 is 0 Å². The van der Waals surface area contributed by atoms with Crippen LogP contribution in [0.3, 0.4) is 0 Å². The molecule has 1 N–H and O–H groups in total. The maximum absolute atomic E-state index is 4.54. The molecule has 2 nitrogen and oxygen atoms in total. The number of hydrogen-bond donors (Lipinski definition) is 1. The molecule has 1 aliphatic heterocycles. The highest BCUT2D eigenvalue weighted by Gasteiger charge is 2.08. The first kappa shape index (κ1) is 14.9. The van der Waals surface area contributed by atoms with Gasteiger partial charge in [0.05, 0.1) is 11.1 Å². The average Bonchev–Trinajstić information content (AvgIpc) is 2.73. The summed E-state index contributed by atoms with van der Waals surface area (Å²) in [5, 5.41) is 8.21. The van der Waals surface area contributed by atoms with E-state index in [2.05, 4.69) is 95.2 Å². The summed E-state index contributed by atoms with van der Waals surface area (Å²) in [5.74, 6) is 0. The molecule has 0 aromatic heterocycles. The Hall–Kier alpha value is -3.39. The summed E-state index contributed by atoms with van der Waals surface area (Å²) in [6.07, 6.45) is 0. The highest BCUT2D eigenvalue weighted by atomic mass is 15.0. The summed E-state index contributed by atoms with van der Waals surface area (Å²) >= 11 is 0. The lowest BCUT2D eigenvalue weighted by atomic mass is 9.97. The van der Waals surface area contributed by atoms with Gasteiger partial charge in [0.2, 0.25) is 0 Å². The number of fused-ring (bicyclic) bond motifs is 2. The van der Waals surface area contributed by atoms with Crippen molar-refractivity contribution in [3.8, 4) is 11.1 Å². The van der Waals surface area contributed by atoms with E-state index < -0.39 is 0 Å². The lowest BCUT2D eigenvalue weighted by Gasteiger charge is -2.14. The molecule has 2 heteroatoms. The summed E-state index contributed by atoms with van der Waals surface area (Å²) in [6, 6.07) is 32.1. The number of nitrogens with one attached hydrogen (secondary N) is 1. The van der Waals surface area contributed by atoms with Crippen LogP contribution in [-0.2, 0) is 0 Å². The van der Waals surface area contributed by atoms with Crippen LogP contribution in [0.1, 0.15) is 5.56 Å². The van der Waals surface area contributed by atoms with Crippen molar-refractivity contribution in [3.05, 3.63) is 107 Å². The van der Waals surface area contributed by atoms with E-state index in [9.17, 15) is 0 Å². The lowest BCUT2D eigenvalue weighted by molar-refractivity contribution is 0.843. The minimum atomic E-state index is 0.622. The van der Waals surface area contributed by atoms with E-state index in [0.29, 0.717) is 6.67 Å². The summed E-state index contributed by atoms with van der Waals surface area (Å²) in [7, 11) is 0. The first-order valence-corrected chi connectivity index (χ1v) is 8.86. The second kappa shape index (κ2) is 6.16. The summed E-state index contributed by atoms with van der Waals surface area (Å²) < 4.78 is 0. The molecule has 5 rings (SSSR count). The van der Waals surface area contributed by atoms with E-state index in [1.807, 2.05) is 6.07 Å². The van der Waals surface area contributed by atoms with Crippen molar-refractivity contribution in [2.45, 2.75) is 0 Å². The van der Waals surface area contributed by atoms with Gasteiger partial charge in [-0.15, -0.1) is 0 Å². The molecule has 0 bridgehead atoms. The van der Waals surface area contributed by atoms with E-state index in [-0.39, 0.29) is 0 Å². The zero-order valence-electron chi connectivity index (χ0n) is 14.3. The number of rotatable bonds is 2. The van der Waals surface area contributed by atoms with Crippen LogP contribution in [0.15, 0.2) is 96.0 Å². The van der Waals surface area contributed by atoms with Gasteiger partial charge in [0, 0.05) is 5.22 Å². The topological polar surface area (TPSA) is 24.4 Å². The number of para-hydroxylation sites is 1. The van der Waals surface area contributed by atoms with E-state index in [1.165, 1.54) is 27.5 Å². The van der Waals surface area contributed by atoms with E-state index in [1.54, 1.807) is 0 Å². The molecule has 0 saturated carbocycles. The second-order valence-corrected chi connectivity index (χ2v) is 6.49. The Bertz CT molecular complexity index is 1220. The molecule has 0 spiro atoms. The summed E-state index contributed by atoms with van der Waals surface area (Å²) in [6.45, 7) is 0.622. The minimum Gasteiger partial charge on any atom is -0.365 e. The van der Waals surface area contributed by atoms with E-state index in [0.717, 1.165) is 16.3 Å². The maximum atomic E-state index is 4.54. The standard InChI is InChI=1S/C24H18N2/c1-2-8-20-17(6-1)7-5-10-21(20)18-12-14-19(15-13-18)24-22-9-3-4-11-23(22)25-16-26-24/h1-15,26H,16H2. The van der Waals surface area contributed by atoms with Crippen molar-refractivity contribution in [1.29, 1.82) is 0 Å². The second-order valence-electron chi connectivity index (χ2n) is 6.49. The van der Waals surface area contributed by atoms with Crippen molar-refractivity contribution in [2.24, 2.45) is 4.99 Å². The van der Waals surface area contributed by atoms with Gasteiger partial charge in [0.1, 0.15) is 6.67 Å².